The summed E-state index contributed by atoms with van der Waals surface area (Å²) >= 11 is 0. The first-order valence-electron chi connectivity index (χ1n) is 17.1. The summed E-state index contributed by atoms with van der Waals surface area (Å²) in [5.41, 5.74) is 5.45. The summed E-state index contributed by atoms with van der Waals surface area (Å²) in [6.45, 7) is 3.07. The van der Waals surface area contributed by atoms with Crippen molar-refractivity contribution >= 4 is 54.9 Å². The molecule has 2 fully saturated rings. The summed E-state index contributed by atoms with van der Waals surface area (Å²) < 4.78 is 99.9. The van der Waals surface area contributed by atoms with Crippen LogP contribution in [0.5, 0.6) is 5.75 Å². The third-order valence-electron chi connectivity index (χ3n) is 8.94. The second-order valence-corrected chi connectivity index (χ2v) is 15.1. The third-order valence-corrected chi connectivity index (χ3v) is 10.2. The summed E-state index contributed by atoms with van der Waals surface area (Å²) in [7, 11) is -6.57. The van der Waals surface area contributed by atoms with Crippen LogP contribution in [0.3, 0.4) is 0 Å². The van der Waals surface area contributed by atoms with Gasteiger partial charge in [-0.05, 0) is 56.3 Å². The average Bonchev–Trinajstić information content (AvgIpc) is 3.52. The minimum atomic E-state index is -5.49. The molecule has 0 unspecified atom stereocenters. The number of fused-ring (bicyclic) bond motifs is 1. The van der Waals surface area contributed by atoms with E-state index in [1.54, 1.807) is 35.0 Å². The number of rotatable bonds is 14. The van der Waals surface area contributed by atoms with Crippen molar-refractivity contribution in [2.75, 3.05) is 71.4 Å². The van der Waals surface area contributed by atoms with Crippen molar-refractivity contribution in [1.29, 1.82) is 0 Å². The van der Waals surface area contributed by atoms with Gasteiger partial charge >= 0.3 is 10.5 Å². The second kappa shape index (κ2) is 20.5. The quantitative estimate of drug-likeness (QED) is 0.120. The number of aromatic nitrogens is 1. The monoisotopic (exact) mass is 956 g/mol. The number of piperazine rings is 1. The Morgan fingerprint density at radius 1 is 1.04 bits per heavy atom. The largest absolute Gasteiger partial charge is 0.488 e. The molecule has 0 radical (unpaired) electrons. The number of anilines is 1. The first kappa shape index (κ1) is 47.2. The summed E-state index contributed by atoms with van der Waals surface area (Å²) in [4.78, 5) is 48.8. The Hall–Kier alpha value is -3.22. The van der Waals surface area contributed by atoms with E-state index in [4.69, 9.17) is 4.55 Å². The molecular formula is C34H43F3N7NdO9S2-. The molecule has 0 saturated carbocycles. The maximum Gasteiger partial charge on any atom is 0.488 e. The van der Waals surface area contributed by atoms with E-state index in [-0.39, 0.29) is 74.5 Å². The van der Waals surface area contributed by atoms with Crippen LogP contribution in [0, 0.1) is 47.4 Å². The average molecular weight is 959 g/mol. The number of likely N-dealkylation sites (tertiary alicyclic amines) is 1. The Labute approximate surface area is 356 Å². The number of pyridine rings is 1. The first-order chi connectivity index (χ1) is 25.9. The maximum absolute atomic E-state index is 13.7. The van der Waals surface area contributed by atoms with Gasteiger partial charge in [0.05, 0.1) is 23.5 Å². The van der Waals surface area contributed by atoms with Gasteiger partial charge in [-0.3, -0.25) is 28.8 Å². The molecule has 2 aliphatic rings. The van der Waals surface area contributed by atoms with E-state index in [1.807, 2.05) is 0 Å². The molecule has 5 rings (SSSR count). The number of amides is 3. The molecule has 56 heavy (non-hydrogen) atoms. The molecular weight excluding hydrogens is 916 g/mol. The van der Waals surface area contributed by atoms with Gasteiger partial charge in [0.1, 0.15) is 5.52 Å². The van der Waals surface area contributed by atoms with Crippen molar-refractivity contribution in [3.63, 3.8) is 0 Å². The summed E-state index contributed by atoms with van der Waals surface area (Å²) in [6, 6.07) is 9.81. The van der Waals surface area contributed by atoms with Gasteiger partial charge in [-0.15, -0.1) is 0 Å². The van der Waals surface area contributed by atoms with E-state index in [1.165, 1.54) is 37.5 Å². The number of nitrogens with zero attached hydrogens (tertiary/aromatic N) is 5. The van der Waals surface area contributed by atoms with E-state index in [2.05, 4.69) is 25.1 Å². The van der Waals surface area contributed by atoms with Gasteiger partial charge in [-0.25, -0.2) is 15.3 Å². The molecule has 3 heterocycles. The number of hydrogen-bond donors (Lipinski definition) is 3. The van der Waals surface area contributed by atoms with Crippen LogP contribution in [0.4, 0.5) is 18.4 Å². The first-order valence-corrected chi connectivity index (χ1v) is 19.8. The Morgan fingerprint density at radius 2 is 1.70 bits per heavy atom. The molecule has 1 aromatic heterocycles. The van der Waals surface area contributed by atoms with Gasteiger partial charge in [0.2, 0.25) is 17.7 Å². The van der Waals surface area contributed by atoms with Crippen LogP contribution in [-0.4, -0.2) is 131 Å². The normalized spacial score (nSPS) is 15.7. The Kier molecular flexibility index (Phi) is 17.2. The van der Waals surface area contributed by atoms with Gasteiger partial charge in [-0.1, -0.05) is 22.4 Å². The maximum atomic E-state index is 13.7. The summed E-state index contributed by atoms with van der Waals surface area (Å²) in [6.07, 6.45) is 1.87. The number of aryl methyl sites for hydroxylation is 1. The van der Waals surface area contributed by atoms with E-state index < -0.39 is 63.6 Å². The number of carbonyl (C=O) groups excluding carboxylic acids is 3. The van der Waals surface area contributed by atoms with Crippen molar-refractivity contribution < 1.29 is 93.5 Å². The second-order valence-electron chi connectivity index (χ2n) is 12.7. The van der Waals surface area contributed by atoms with Crippen LogP contribution in [0.25, 0.3) is 10.9 Å². The fourth-order valence-electron chi connectivity index (χ4n) is 6.08. The smallest absolute Gasteiger partial charge is 0.487 e. The van der Waals surface area contributed by atoms with Crippen molar-refractivity contribution in [3.8, 4) is 5.75 Å². The molecule has 0 atom stereocenters. The number of benzene rings is 2. The number of hydrogen-bond acceptors (Lipinski definition) is 12. The van der Waals surface area contributed by atoms with E-state index in [9.17, 15) is 43.9 Å². The van der Waals surface area contributed by atoms with Crippen molar-refractivity contribution in [2.24, 2.45) is 5.73 Å². The van der Waals surface area contributed by atoms with Crippen LogP contribution >= 0.6 is 0 Å². The predicted octanol–water partition coefficient (Wildman–Crippen LogP) is 2.01. The molecule has 16 nitrogen and oxygen atoms in total. The van der Waals surface area contributed by atoms with Crippen LogP contribution in [0.1, 0.15) is 35.2 Å². The number of alkyl halides is 2. The van der Waals surface area contributed by atoms with Gasteiger partial charge in [0.15, 0.2) is 5.75 Å². The molecule has 22 heteroatoms. The molecule has 3 aromatic rings. The van der Waals surface area contributed by atoms with Crippen LogP contribution < -0.4 is 20.1 Å². The number of halogens is 3. The number of nitrogens with two attached hydrogens (primary N) is 1. The fourth-order valence-corrected chi connectivity index (χ4v) is 6.90. The zero-order chi connectivity index (χ0) is 40.6. The fraction of sp³-hybridized carbons (Fsp3) is 0.441. The summed E-state index contributed by atoms with van der Waals surface area (Å²) in [5, 5.41) is 2.48. The molecule has 0 aliphatic carbocycles. The number of nitrogens with one attached hydrogen (secondary N) is 1. The number of carbonyl (C=O) groups is 3. The van der Waals surface area contributed by atoms with E-state index in [0.717, 1.165) is 17.0 Å². The molecule has 2 aromatic carbocycles. The Morgan fingerprint density at radius 3 is 2.29 bits per heavy atom. The topological polar surface area (TPSA) is 213 Å². The zero-order valence-corrected chi connectivity index (χ0v) is 35.5. The summed E-state index contributed by atoms with van der Waals surface area (Å²) in [5.74, 6) is -5.08. The molecule has 306 valence electrons. The van der Waals surface area contributed by atoms with Crippen molar-refractivity contribution in [3.05, 3.63) is 66.3 Å². The minimum Gasteiger partial charge on any atom is -0.487 e. The SMILES string of the molecule is CN.CN(CCCN1CCN(C(=O)CCc2ccc(S(=O)(=O)O)cc2)CC1)c1cc(OS(=O)(=O)F)c2nccc(C(=O)NCC(=O)N3[CH-]CC(F)(F)C3)c2c1.[Nd]. The van der Waals surface area contributed by atoms with Gasteiger partial charge in [-0.2, -0.15) is 16.8 Å². The molecule has 0 spiro atoms. The van der Waals surface area contributed by atoms with E-state index >= 15 is 0 Å². The zero-order valence-electron chi connectivity index (χ0n) is 30.7. The third kappa shape index (κ3) is 13.4. The predicted molar refractivity (Wildman–Crippen MR) is 196 cm³/mol. The Bertz CT molecular complexity index is 2070. The van der Waals surface area contributed by atoms with Crippen molar-refractivity contribution in [2.45, 2.75) is 36.5 Å². The van der Waals surface area contributed by atoms with Crippen LogP contribution in [-0.2, 0) is 36.6 Å². The molecule has 2 saturated heterocycles. The molecule has 2 aliphatic heterocycles. The molecule has 0 bridgehead atoms. The van der Waals surface area contributed by atoms with Gasteiger partial charge < -0.3 is 29.9 Å². The van der Waals surface area contributed by atoms with Gasteiger partial charge in [0, 0.05) is 110 Å². The van der Waals surface area contributed by atoms with Crippen molar-refractivity contribution in [1.82, 2.24) is 25.0 Å². The van der Waals surface area contributed by atoms with Crippen LogP contribution in [0.15, 0.2) is 53.6 Å². The minimum absolute atomic E-state index is 0. The standard InChI is InChI=1S/C33H38F3N6O9S2.CH5N.Nd/c1-39(12-2-13-40-15-17-41(18-16-40)29(43)8-5-23-3-6-25(7-4-23)52(46,47)48)24-19-27-26(9-11-37-31(27)28(20-24)51-53(36,49)50)32(45)38-21-30(44)42-14-10-33(34,35)22-42;1-2;/h3-4,6-7,9,11,14,19-20H,2,5,8,10,12-13,15-18,21-22H2,1H3,(H,38,45)(H,46,47,48);2H2,1H3;/q-1;;. The van der Waals surface area contributed by atoms with E-state index in [0.29, 0.717) is 57.8 Å². The molecule has 3 amide bonds. The van der Waals surface area contributed by atoms with Crippen LogP contribution in [0.2, 0.25) is 0 Å². The van der Waals surface area contributed by atoms with Gasteiger partial charge in [0.25, 0.3) is 16.0 Å². The molecule has 4 N–H and O–H groups in total. The Balaban J connectivity index is 0.00000276.